The number of benzene rings is 1. The minimum Gasteiger partial charge on any atom is -0.497 e. The highest BCUT2D eigenvalue weighted by Gasteiger charge is 1.99. The van der Waals surface area contributed by atoms with Gasteiger partial charge in [0.05, 0.1) is 13.7 Å². The Labute approximate surface area is 116 Å². The molecule has 0 fully saturated rings. The maximum Gasteiger partial charge on any atom is 0.250 e. The lowest BCUT2D eigenvalue weighted by Gasteiger charge is -2.08. The van der Waals surface area contributed by atoms with Gasteiger partial charge in [-0.15, -0.1) is 0 Å². The van der Waals surface area contributed by atoms with Crippen molar-refractivity contribution in [1.29, 1.82) is 0 Å². The van der Waals surface area contributed by atoms with Crippen molar-refractivity contribution in [1.82, 2.24) is 4.57 Å². The first kappa shape index (κ1) is 14.1. The van der Waals surface area contributed by atoms with Crippen molar-refractivity contribution in [2.45, 2.75) is 13.0 Å². The summed E-state index contributed by atoms with van der Waals surface area (Å²) in [6, 6.07) is 9.63. The molecule has 106 valence electrons. The maximum atomic E-state index is 13.0. The summed E-state index contributed by atoms with van der Waals surface area (Å²) in [7, 11) is 1.60. The number of rotatable bonds is 6. The van der Waals surface area contributed by atoms with Crippen LogP contribution in [0.3, 0.4) is 0 Å². The van der Waals surface area contributed by atoms with Crippen LogP contribution in [0.25, 0.3) is 0 Å². The third-order valence-electron chi connectivity index (χ3n) is 2.82. The van der Waals surface area contributed by atoms with Gasteiger partial charge in [-0.25, -0.2) is 4.39 Å². The van der Waals surface area contributed by atoms with Crippen LogP contribution in [0.15, 0.2) is 47.4 Å². The number of nitrogens with zero attached hydrogens (tertiary/aromatic N) is 1. The highest BCUT2D eigenvalue weighted by atomic mass is 19.1. The van der Waals surface area contributed by atoms with E-state index in [1.807, 2.05) is 24.3 Å². The SMILES string of the molecule is COc1ccc(OCCCn2cc(F)ccc2=O)cc1. The van der Waals surface area contributed by atoms with Crippen molar-refractivity contribution in [3.05, 3.63) is 58.8 Å². The second kappa shape index (κ2) is 6.75. The molecule has 0 saturated carbocycles. The van der Waals surface area contributed by atoms with Crippen molar-refractivity contribution in [3.8, 4) is 11.5 Å². The lowest BCUT2D eigenvalue weighted by atomic mass is 10.3. The lowest BCUT2D eigenvalue weighted by molar-refractivity contribution is 0.300. The number of ether oxygens (including phenoxy) is 2. The Morgan fingerprint density at radius 2 is 1.80 bits per heavy atom. The monoisotopic (exact) mass is 277 g/mol. The molecule has 0 aliphatic rings. The minimum absolute atomic E-state index is 0.212. The number of halogens is 1. The zero-order chi connectivity index (χ0) is 14.4. The standard InChI is InChI=1S/C15H16FNO3/c1-19-13-4-6-14(7-5-13)20-10-2-9-17-11-12(16)3-8-15(17)18/h3-8,11H,2,9-10H2,1H3. The van der Waals surface area contributed by atoms with Crippen molar-refractivity contribution in [2.24, 2.45) is 0 Å². The normalized spacial score (nSPS) is 10.3. The molecule has 0 atom stereocenters. The van der Waals surface area contributed by atoms with E-state index in [1.165, 1.54) is 16.8 Å². The highest BCUT2D eigenvalue weighted by molar-refractivity contribution is 5.31. The molecule has 2 rings (SSSR count). The fourth-order valence-corrected chi connectivity index (χ4v) is 1.77. The minimum atomic E-state index is -0.416. The molecule has 1 aromatic carbocycles. The Balaban J connectivity index is 1.81. The van der Waals surface area contributed by atoms with Gasteiger partial charge in [-0.2, -0.15) is 0 Å². The van der Waals surface area contributed by atoms with Crippen LogP contribution in [-0.2, 0) is 6.54 Å². The predicted octanol–water partition coefficient (Wildman–Crippen LogP) is 2.47. The Morgan fingerprint density at radius 1 is 1.10 bits per heavy atom. The Hall–Kier alpha value is -2.30. The van der Waals surface area contributed by atoms with E-state index in [9.17, 15) is 9.18 Å². The first-order valence-electron chi connectivity index (χ1n) is 6.32. The molecule has 0 N–H and O–H groups in total. The van der Waals surface area contributed by atoms with E-state index < -0.39 is 5.82 Å². The van der Waals surface area contributed by atoms with Gasteiger partial charge < -0.3 is 14.0 Å². The number of methoxy groups -OCH3 is 1. The number of aromatic nitrogens is 1. The molecule has 2 aromatic rings. The molecule has 1 heterocycles. The number of pyridine rings is 1. The summed E-state index contributed by atoms with van der Waals surface area (Å²) in [5.74, 6) is 1.08. The van der Waals surface area contributed by atoms with Gasteiger partial charge in [-0.3, -0.25) is 4.79 Å². The molecule has 0 aliphatic carbocycles. The van der Waals surface area contributed by atoms with Crippen molar-refractivity contribution in [2.75, 3.05) is 13.7 Å². The molecular formula is C15H16FNO3. The predicted molar refractivity (Wildman–Crippen MR) is 73.8 cm³/mol. The van der Waals surface area contributed by atoms with Gasteiger partial charge in [-0.05, 0) is 36.8 Å². The fourth-order valence-electron chi connectivity index (χ4n) is 1.77. The second-order valence-corrected chi connectivity index (χ2v) is 4.26. The molecule has 4 nitrogen and oxygen atoms in total. The van der Waals surface area contributed by atoms with Crippen LogP contribution >= 0.6 is 0 Å². The van der Waals surface area contributed by atoms with Gasteiger partial charge >= 0.3 is 0 Å². The van der Waals surface area contributed by atoms with Crippen LogP contribution in [0.5, 0.6) is 11.5 Å². The molecule has 0 saturated heterocycles. The van der Waals surface area contributed by atoms with Gasteiger partial charge in [0.25, 0.3) is 5.56 Å². The molecule has 0 bridgehead atoms. The lowest BCUT2D eigenvalue weighted by Crippen LogP contribution is -2.20. The van der Waals surface area contributed by atoms with Crippen LogP contribution in [0.4, 0.5) is 4.39 Å². The average Bonchev–Trinajstić information content (AvgIpc) is 2.47. The Kier molecular flexibility index (Phi) is 4.76. The van der Waals surface area contributed by atoms with Gasteiger partial charge in [0.15, 0.2) is 0 Å². The van der Waals surface area contributed by atoms with E-state index in [0.29, 0.717) is 19.6 Å². The average molecular weight is 277 g/mol. The molecule has 5 heteroatoms. The van der Waals surface area contributed by atoms with Gasteiger partial charge in [0.2, 0.25) is 0 Å². The summed E-state index contributed by atoms with van der Waals surface area (Å²) in [5, 5.41) is 0. The molecular weight excluding hydrogens is 261 g/mol. The van der Waals surface area contributed by atoms with Gasteiger partial charge in [-0.1, -0.05) is 0 Å². The smallest absolute Gasteiger partial charge is 0.250 e. The maximum absolute atomic E-state index is 13.0. The number of aryl methyl sites for hydroxylation is 1. The molecule has 0 spiro atoms. The molecule has 1 aromatic heterocycles. The zero-order valence-corrected chi connectivity index (χ0v) is 11.2. The van der Waals surface area contributed by atoms with Crippen LogP contribution in [-0.4, -0.2) is 18.3 Å². The van der Waals surface area contributed by atoms with Crippen LogP contribution in [0, 0.1) is 5.82 Å². The molecule has 0 amide bonds. The van der Waals surface area contributed by atoms with Gasteiger partial charge in [0, 0.05) is 18.8 Å². The third-order valence-corrected chi connectivity index (χ3v) is 2.82. The van der Waals surface area contributed by atoms with E-state index in [0.717, 1.165) is 17.6 Å². The Morgan fingerprint density at radius 3 is 2.50 bits per heavy atom. The summed E-state index contributed by atoms with van der Waals surface area (Å²) >= 11 is 0. The van der Waals surface area contributed by atoms with Crippen LogP contribution in [0.1, 0.15) is 6.42 Å². The largest absolute Gasteiger partial charge is 0.497 e. The van der Waals surface area contributed by atoms with Crippen molar-refractivity contribution in [3.63, 3.8) is 0 Å². The van der Waals surface area contributed by atoms with Crippen molar-refractivity contribution < 1.29 is 13.9 Å². The number of hydrogen-bond donors (Lipinski definition) is 0. The van der Waals surface area contributed by atoms with E-state index in [1.54, 1.807) is 7.11 Å². The third kappa shape index (κ3) is 3.85. The number of hydrogen-bond acceptors (Lipinski definition) is 3. The summed E-state index contributed by atoms with van der Waals surface area (Å²) < 4.78 is 24.9. The zero-order valence-electron chi connectivity index (χ0n) is 11.2. The van der Waals surface area contributed by atoms with E-state index >= 15 is 0 Å². The Bertz CT molecular complexity index is 607. The van der Waals surface area contributed by atoms with E-state index in [4.69, 9.17) is 9.47 Å². The first-order valence-corrected chi connectivity index (χ1v) is 6.32. The summed E-state index contributed by atoms with van der Waals surface area (Å²) in [4.78, 5) is 11.4. The summed E-state index contributed by atoms with van der Waals surface area (Å²) in [6.07, 6.45) is 1.82. The van der Waals surface area contributed by atoms with Gasteiger partial charge in [0.1, 0.15) is 17.3 Å². The highest BCUT2D eigenvalue weighted by Crippen LogP contribution is 2.17. The second-order valence-electron chi connectivity index (χ2n) is 4.26. The molecule has 20 heavy (non-hydrogen) atoms. The molecule has 0 radical (unpaired) electrons. The quantitative estimate of drug-likeness (QED) is 0.762. The molecule has 0 unspecified atom stereocenters. The summed E-state index contributed by atoms with van der Waals surface area (Å²) in [6.45, 7) is 0.877. The molecule has 0 aliphatic heterocycles. The topological polar surface area (TPSA) is 40.5 Å². The first-order chi connectivity index (χ1) is 9.69. The van der Waals surface area contributed by atoms with E-state index in [-0.39, 0.29) is 5.56 Å². The van der Waals surface area contributed by atoms with Crippen LogP contribution in [0.2, 0.25) is 0 Å². The van der Waals surface area contributed by atoms with Crippen LogP contribution < -0.4 is 15.0 Å². The van der Waals surface area contributed by atoms with Crippen molar-refractivity contribution >= 4 is 0 Å². The van der Waals surface area contributed by atoms with E-state index in [2.05, 4.69) is 0 Å². The fraction of sp³-hybridized carbons (Fsp3) is 0.267. The summed E-state index contributed by atoms with van der Waals surface area (Å²) in [5.41, 5.74) is -0.212.